The van der Waals surface area contributed by atoms with Crippen molar-refractivity contribution < 1.29 is 27.3 Å². The van der Waals surface area contributed by atoms with Crippen LogP contribution in [0.4, 0.5) is 5.69 Å². The molecule has 1 aliphatic rings. The van der Waals surface area contributed by atoms with E-state index in [1.165, 1.54) is 24.3 Å². The van der Waals surface area contributed by atoms with Gasteiger partial charge in [0.05, 0.1) is 16.3 Å². The molecule has 1 aromatic carbocycles. The molecule has 23 heavy (non-hydrogen) atoms. The lowest BCUT2D eigenvalue weighted by molar-refractivity contribution is -0.118. The Morgan fingerprint density at radius 2 is 2.13 bits per heavy atom. The Balaban J connectivity index is 1.86. The van der Waals surface area contributed by atoms with E-state index in [0.29, 0.717) is 11.4 Å². The summed E-state index contributed by atoms with van der Waals surface area (Å²) in [7, 11) is -4.14. The molecule has 9 nitrogen and oxygen atoms in total. The lowest BCUT2D eigenvalue weighted by Crippen LogP contribution is -2.31. The quantitative estimate of drug-likeness (QED) is 0.831. The second-order valence-corrected chi connectivity index (χ2v) is 6.44. The SMILES string of the molecule is Cc1cc(C(=O)NS(=O)(=O)c2ccc3c(c2)NC(=O)CO3)on1. The average molecular weight is 337 g/mol. The molecule has 2 N–H and O–H groups in total. The number of aryl methyl sites for hydroxylation is 1. The third kappa shape index (κ3) is 3.01. The van der Waals surface area contributed by atoms with Gasteiger partial charge >= 0.3 is 5.91 Å². The van der Waals surface area contributed by atoms with Gasteiger partial charge in [-0.25, -0.2) is 13.1 Å². The molecule has 1 aliphatic heterocycles. The zero-order valence-electron chi connectivity index (χ0n) is 11.8. The molecule has 2 heterocycles. The van der Waals surface area contributed by atoms with Gasteiger partial charge in [-0.1, -0.05) is 5.16 Å². The molecule has 0 saturated heterocycles. The van der Waals surface area contributed by atoms with Crippen LogP contribution in [0.3, 0.4) is 0 Å². The van der Waals surface area contributed by atoms with Gasteiger partial charge in [0, 0.05) is 6.07 Å². The molecular weight excluding hydrogens is 326 g/mol. The van der Waals surface area contributed by atoms with Crippen molar-refractivity contribution >= 4 is 27.5 Å². The van der Waals surface area contributed by atoms with E-state index in [1.54, 1.807) is 6.92 Å². The summed E-state index contributed by atoms with van der Waals surface area (Å²) in [6.45, 7) is 1.46. The van der Waals surface area contributed by atoms with E-state index >= 15 is 0 Å². The standard InChI is InChI=1S/C13H11N3O6S/c1-7-4-11(22-15-7)13(18)16-23(19,20)8-2-3-10-9(5-8)14-12(17)6-21-10/h2-5H,6H2,1H3,(H,14,17)(H,16,18). The van der Waals surface area contributed by atoms with E-state index in [2.05, 4.69) is 10.5 Å². The van der Waals surface area contributed by atoms with Crippen LogP contribution in [0.1, 0.15) is 16.2 Å². The number of amides is 2. The van der Waals surface area contributed by atoms with Crippen molar-refractivity contribution in [2.75, 3.05) is 11.9 Å². The van der Waals surface area contributed by atoms with Crippen LogP contribution in [0.25, 0.3) is 0 Å². The van der Waals surface area contributed by atoms with E-state index < -0.39 is 21.8 Å². The number of carbonyl (C=O) groups excluding carboxylic acids is 2. The fourth-order valence-electron chi connectivity index (χ4n) is 1.93. The maximum Gasteiger partial charge on any atom is 0.303 e. The molecule has 2 aromatic rings. The van der Waals surface area contributed by atoms with Crippen LogP contribution in [-0.4, -0.2) is 32.0 Å². The van der Waals surface area contributed by atoms with E-state index in [9.17, 15) is 18.0 Å². The van der Waals surface area contributed by atoms with Crippen LogP contribution in [0.5, 0.6) is 5.75 Å². The summed E-state index contributed by atoms with van der Waals surface area (Å²) in [4.78, 5) is 22.9. The highest BCUT2D eigenvalue weighted by Crippen LogP contribution is 2.30. The van der Waals surface area contributed by atoms with Crippen LogP contribution in [0.2, 0.25) is 0 Å². The molecule has 0 atom stereocenters. The number of ether oxygens (including phenoxy) is 1. The van der Waals surface area contributed by atoms with E-state index in [-0.39, 0.29) is 22.9 Å². The Bertz CT molecular complexity index is 902. The minimum Gasteiger partial charge on any atom is -0.482 e. The number of nitrogens with one attached hydrogen (secondary N) is 2. The summed E-state index contributed by atoms with van der Waals surface area (Å²) in [5, 5.41) is 6.00. The van der Waals surface area contributed by atoms with Gasteiger partial charge in [-0.2, -0.15) is 0 Å². The summed E-state index contributed by atoms with van der Waals surface area (Å²) in [5.41, 5.74) is 0.660. The van der Waals surface area contributed by atoms with E-state index in [0.717, 1.165) is 0 Å². The van der Waals surface area contributed by atoms with Crippen LogP contribution in [-0.2, 0) is 14.8 Å². The Kier molecular flexibility index (Phi) is 3.52. The van der Waals surface area contributed by atoms with Gasteiger partial charge in [0.25, 0.3) is 15.9 Å². The minimum atomic E-state index is -4.14. The second-order valence-electron chi connectivity index (χ2n) is 4.76. The van der Waals surface area contributed by atoms with Crippen molar-refractivity contribution in [1.29, 1.82) is 0 Å². The van der Waals surface area contributed by atoms with Crippen LogP contribution in [0.15, 0.2) is 33.7 Å². The van der Waals surface area contributed by atoms with E-state index in [1.807, 2.05) is 4.72 Å². The van der Waals surface area contributed by atoms with E-state index in [4.69, 9.17) is 9.26 Å². The lowest BCUT2D eigenvalue weighted by Gasteiger charge is -2.18. The zero-order valence-corrected chi connectivity index (χ0v) is 12.6. The Morgan fingerprint density at radius 3 is 2.83 bits per heavy atom. The smallest absolute Gasteiger partial charge is 0.303 e. The second kappa shape index (κ2) is 5.39. The Labute approximate surface area is 130 Å². The van der Waals surface area contributed by atoms with Crippen LogP contribution >= 0.6 is 0 Å². The summed E-state index contributed by atoms with van der Waals surface area (Å²) < 4.78 is 36.2. The first kappa shape index (κ1) is 15.0. The lowest BCUT2D eigenvalue weighted by atomic mass is 10.2. The monoisotopic (exact) mass is 337 g/mol. The Hall–Kier alpha value is -2.88. The molecule has 0 bridgehead atoms. The predicted molar refractivity (Wildman–Crippen MR) is 76.5 cm³/mol. The number of aromatic nitrogens is 1. The molecule has 0 aliphatic carbocycles. The third-order valence-corrected chi connectivity index (χ3v) is 4.30. The molecule has 0 fully saturated rings. The highest BCUT2D eigenvalue weighted by atomic mass is 32.2. The van der Waals surface area contributed by atoms with Crippen molar-refractivity contribution in [3.63, 3.8) is 0 Å². The van der Waals surface area contributed by atoms with Gasteiger partial charge in [-0.15, -0.1) is 0 Å². The van der Waals surface area contributed by atoms with Gasteiger partial charge in [0.1, 0.15) is 5.75 Å². The third-order valence-electron chi connectivity index (χ3n) is 2.97. The zero-order chi connectivity index (χ0) is 16.6. The molecule has 3 rings (SSSR count). The molecule has 10 heteroatoms. The van der Waals surface area contributed by atoms with Gasteiger partial charge in [0.15, 0.2) is 6.61 Å². The fourth-order valence-corrected chi connectivity index (χ4v) is 2.91. The number of hydrogen-bond acceptors (Lipinski definition) is 7. The minimum absolute atomic E-state index is 0.138. The molecule has 0 radical (unpaired) electrons. The average Bonchev–Trinajstić information content (AvgIpc) is 2.92. The number of benzene rings is 1. The van der Waals surface area contributed by atoms with Crippen molar-refractivity contribution in [2.45, 2.75) is 11.8 Å². The Morgan fingerprint density at radius 1 is 1.35 bits per heavy atom. The van der Waals surface area contributed by atoms with Crippen LogP contribution in [0, 0.1) is 6.92 Å². The number of fused-ring (bicyclic) bond motifs is 1. The maximum atomic E-state index is 12.2. The normalized spacial score (nSPS) is 13.7. The summed E-state index contributed by atoms with van der Waals surface area (Å²) >= 11 is 0. The van der Waals surface area contributed by atoms with Gasteiger partial charge in [-0.3, -0.25) is 9.59 Å². The van der Waals surface area contributed by atoms with Crippen LogP contribution < -0.4 is 14.8 Å². The summed E-state index contributed by atoms with van der Waals surface area (Å²) in [6, 6.07) is 5.17. The van der Waals surface area contributed by atoms with Crippen molar-refractivity contribution in [2.24, 2.45) is 0 Å². The number of rotatable bonds is 3. The highest BCUT2D eigenvalue weighted by molar-refractivity contribution is 7.90. The van der Waals surface area contributed by atoms with Crippen molar-refractivity contribution in [1.82, 2.24) is 9.88 Å². The molecule has 0 saturated carbocycles. The number of anilines is 1. The summed E-state index contributed by atoms with van der Waals surface area (Å²) in [6.07, 6.45) is 0. The van der Waals surface area contributed by atoms with Gasteiger partial charge in [-0.05, 0) is 25.1 Å². The van der Waals surface area contributed by atoms with Crippen molar-refractivity contribution in [3.8, 4) is 5.75 Å². The largest absolute Gasteiger partial charge is 0.482 e. The fraction of sp³-hybridized carbons (Fsp3) is 0.154. The molecule has 120 valence electrons. The highest BCUT2D eigenvalue weighted by Gasteiger charge is 2.24. The first-order valence-corrected chi connectivity index (χ1v) is 7.91. The molecule has 0 unspecified atom stereocenters. The van der Waals surface area contributed by atoms with Crippen molar-refractivity contribution in [3.05, 3.63) is 35.7 Å². The first-order chi connectivity index (χ1) is 10.8. The molecule has 1 aromatic heterocycles. The molecular formula is C13H11N3O6S. The number of hydrogen-bond donors (Lipinski definition) is 2. The predicted octanol–water partition coefficient (Wildman–Crippen LogP) is 0.433. The number of sulfonamides is 1. The number of carbonyl (C=O) groups is 2. The summed E-state index contributed by atoms with van der Waals surface area (Å²) in [5.74, 6) is -1.21. The van der Waals surface area contributed by atoms with Gasteiger partial charge < -0.3 is 14.6 Å². The number of nitrogens with zero attached hydrogens (tertiary/aromatic N) is 1. The first-order valence-electron chi connectivity index (χ1n) is 6.42. The topological polar surface area (TPSA) is 128 Å². The maximum absolute atomic E-state index is 12.2. The molecule has 0 spiro atoms. The van der Waals surface area contributed by atoms with Gasteiger partial charge in [0.2, 0.25) is 5.76 Å². The molecule has 2 amide bonds.